The topological polar surface area (TPSA) is 94.4 Å². The minimum Gasteiger partial charge on any atom is -0.504 e. The van der Waals surface area contributed by atoms with Crippen LogP contribution >= 0.6 is 0 Å². The van der Waals surface area contributed by atoms with Crippen LogP contribution < -0.4 is 9.47 Å². The summed E-state index contributed by atoms with van der Waals surface area (Å²) in [5.74, 6) is -0.730. The van der Waals surface area contributed by atoms with Gasteiger partial charge in [-0.3, -0.25) is 14.6 Å². The average molecular weight is 464 g/mol. The molecule has 1 aliphatic heterocycles. The van der Waals surface area contributed by atoms with Crippen molar-refractivity contribution in [1.82, 2.24) is 0 Å². The molecule has 0 saturated heterocycles. The Balaban J connectivity index is 1.79. The van der Waals surface area contributed by atoms with Gasteiger partial charge in [-0.05, 0) is 61.6 Å². The summed E-state index contributed by atoms with van der Waals surface area (Å²) in [6, 6.07) is 12.7. The second-order valence-corrected chi connectivity index (χ2v) is 8.55. The lowest BCUT2D eigenvalue weighted by atomic mass is 9.69. The summed E-state index contributed by atoms with van der Waals surface area (Å²) in [5.41, 5.74) is 3.60. The number of carbonyl (C=O) groups is 2. The first-order chi connectivity index (χ1) is 16.4. The molecule has 3 atom stereocenters. The Bertz CT molecular complexity index is 1160. The summed E-state index contributed by atoms with van der Waals surface area (Å²) in [5, 5.41) is 10.1. The van der Waals surface area contributed by atoms with E-state index in [9.17, 15) is 14.7 Å². The van der Waals surface area contributed by atoms with Gasteiger partial charge in [-0.2, -0.15) is 0 Å². The molecule has 1 aliphatic carbocycles. The van der Waals surface area contributed by atoms with Gasteiger partial charge in [0.05, 0.1) is 20.8 Å². The van der Waals surface area contributed by atoms with E-state index in [1.807, 2.05) is 24.3 Å². The summed E-state index contributed by atoms with van der Waals surface area (Å²) in [4.78, 5) is 31.4. The van der Waals surface area contributed by atoms with Crippen LogP contribution in [0, 0.1) is 5.92 Å². The highest BCUT2D eigenvalue weighted by molar-refractivity contribution is 6.09. The zero-order valence-electron chi connectivity index (χ0n) is 19.8. The van der Waals surface area contributed by atoms with Crippen LogP contribution in [0.4, 0.5) is 0 Å². The lowest BCUT2D eigenvalue weighted by molar-refractivity contribution is -0.146. The molecule has 2 aromatic rings. The first kappa shape index (κ1) is 23.5. The lowest BCUT2D eigenvalue weighted by Gasteiger charge is -2.36. The van der Waals surface area contributed by atoms with Crippen LogP contribution in [0.2, 0.25) is 0 Å². The van der Waals surface area contributed by atoms with Gasteiger partial charge in [-0.15, -0.1) is 0 Å². The number of ether oxygens (including phenoxy) is 3. The molecule has 4 rings (SSSR count). The van der Waals surface area contributed by atoms with E-state index in [1.165, 1.54) is 13.2 Å². The van der Waals surface area contributed by atoms with Crippen LogP contribution in [0.3, 0.4) is 0 Å². The van der Waals surface area contributed by atoms with Crippen molar-refractivity contribution < 1.29 is 28.9 Å². The maximum Gasteiger partial charge on any atom is 0.315 e. The van der Waals surface area contributed by atoms with E-state index in [0.29, 0.717) is 35.4 Å². The molecule has 34 heavy (non-hydrogen) atoms. The Morgan fingerprint density at radius 3 is 2.41 bits per heavy atom. The number of esters is 1. The fraction of sp³-hybridized carbons (Fsp3) is 0.370. The molecule has 0 amide bonds. The van der Waals surface area contributed by atoms with Crippen molar-refractivity contribution in [2.75, 3.05) is 20.8 Å². The number of allylic oxidation sites excluding steroid dienone is 2. The number of phenols is 1. The average Bonchev–Trinajstić information content (AvgIpc) is 2.83. The number of hydrogen-bond acceptors (Lipinski definition) is 7. The number of aliphatic imine (C=N–C) groups is 1. The van der Waals surface area contributed by atoms with E-state index in [0.717, 1.165) is 11.3 Å². The molecule has 2 aliphatic rings. The molecule has 1 N–H and O–H groups in total. The summed E-state index contributed by atoms with van der Waals surface area (Å²) in [7, 11) is 3.08. The monoisotopic (exact) mass is 463 g/mol. The summed E-state index contributed by atoms with van der Waals surface area (Å²) in [6.07, 6.45) is 0.910. The van der Waals surface area contributed by atoms with Crippen molar-refractivity contribution >= 4 is 17.5 Å². The second-order valence-electron chi connectivity index (χ2n) is 8.55. The van der Waals surface area contributed by atoms with Crippen molar-refractivity contribution in [2.24, 2.45) is 10.9 Å². The number of phenolic OH excluding ortho intramolecular Hbond substituents is 1. The van der Waals surface area contributed by atoms with Gasteiger partial charge in [0, 0.05) is 29.3 Å². The fourth-order valence-corrected chi connectivity index (χ4v) is 4.96. The van der Waals surface area contributed by atoms with Crippen LogP contribution in [0.1, 0.15) is 49.7 Å². The van der Waals surface area contributed by atoms with Gasteiger partial charge in [0.2, 0.25) is 0 Å². The van der Waals surface area contributed by atoms with E-state index in [2.05, 4.69) is 0 Å². The largest absolute Gasteiger partial charge is 0.504 e. The second kappa shape index (κ2) is 9.71. The highest BCUT2D eigenvalue weighted by atomic mass is 16.5. The Hall–Kier alpha value is -3.61. The third-order valence-electron chi connectivity index (χ3n) is 6.58. The molecule has 0 radical (unpaired) electrons. The zero-order chi connectivity index (χ0) is 24.4. The van der Waals surface area contributed by atoms with Crippen molar-refractivity contribution in [2.45, 2.75) is 38.5 Å². The molecule has 7 nitrogen and oxygen atoms in total. The quantitative estimate of drug-likeness (QED) is 0.632. The van der Waals surface area contributed by atoms with E-state index in [-0.39, 0.29) is 29.8 Å². The molecule has 178 valence electrons. The minimum absolute atomic E-state index is 0.0103. The van der Waals surface area contributed by atoms with Gasteiger partial charge in [0.1, 0.15) is 11.7 Å². The van der Waals surface area contributed by atoms with Gasteiger partial charge >= 0.3 is 5.97 Å². The number of carbonyl (C=O) groups excluding carboxylic acids is 2. The van der Waals surface area contributed by atoms with Crippen LogP contribution in [-0.2, 0) is 14.3 Å². The Morgan fingerprint density at radius 2 is 1.76 bits per heavy atom. The van der Waals surface area contributed by atoms with Crippen molar-refractivity contribution in [3.8, 4) is 17.2 Å². The number of aromatic hydroxyl groups is 1. The predicted octanol–water partition coefficient (Wildman–Crippen LogP) is 4.55. The normalized spacial score (nSPS) is 22.1. The number of benzene rings is 2. The molecule has 0 saturated carbocycles. The van der Waals surface area contributed by atoms with Gasteiger partial charge in [0.15, 0.2) is 17.3 Å². The summed E-state index contributed by atoms with van der Waals surface area (Å²) < 4.78 is 15.9. The molecule has 0 fully saturated rings. The molecular weight excluding hydrogens is 434 g/mol. The molecule has 1 heterocycles. The Labute approximate surface area is 199 Å². The zero-order valence-corrected chi connectivity index (χ0v) is 19.8. The predicted molar refractivity (Wildman–Crippen MR) is 128 cm³/mol. The Morgan fingerprint density at radius 1 is 1.06 bits per heavy atom. The number of nitrogens with zero attached hydrogens (tertiary/aromatic N) is 1. The molecule has 0 aromatic heterocycles. The van der Waals surface area contributed by atoms with E-state index < -0.39 is 17.8 Å². The molecule has 0 spiro atoms. The molecule has 2 aromatic carbocycles. The van der Waals surface area contributed by atoms with Crippen LogP contribution in [-0.4, -0.2) is 43.4 Å². The number of Topliss-reactive ketones (excluding diaryl/α,β-unsaturated/α-hetero) is 1. The smallest absolute Gasteiger partial charge is 0.315 e. The van der Waals surface area contributed by atoms with E-state index >= 15 is 0 Å². The molecule has 0 bridgehead atoms. The molecule has 1 unspecified atom stereocenters. The lowest BCUT2D eigenvalue weighted by Crippen LogP contribution is -2.38. The van der Waals surface area contributed by atoms with Crippen LogP contribution in [0.25, 0.3) is 0 Å². The van der Waals surface area contributed by atoms with Gasteiger partial charge in [-0.25, -0.2) is 0 Å². The highest BCUT2D eigenvalue weighted by Crippen LogP contribution is 2.48. The first-order valence-electron chi connectivity index (χ1n) is 11.4. The number of rotatable bonds is 6. The van der Waals surface area contributed by atoms with Crippen molar-refractivity contribution in [1.29, 1.82) is 0 Å². The number of hydrogen-bond donors (Lipinski definition) is 1. The molecular formula is C27H29NO6. The van der Waals surface area contributed by atoms with E-state index in [4.69, 9.17) is 19.2 Å². The molecule has 7 heteroatoms. The third-order valence-corrected chi connectivity index (χ3v) is 6.58. The first-order valence-corrected chi connectivity index (χ1v) is 11.4. The van der Waals surface area contributed by atoms with Crippen molar-refractivity contribution in [3.05, 3.63) is 64.9 Å². The van der Waals surface area contributed by atoms with Gasteiger partial charge in [-0.1, -0.05) is 18.2 Å². The van der Waals surface area contributed by atoms with Crippen LogP contribution in [0.15, 0.2) is 58.7 Å². The SMILES string of the molecule is CCOC(=O)C1C(C)=NC2=C(C(=O)C[C@H](c3ccc(OC)cc3)C2)[C@H]1c1ccc(O)c(OC)c1. The number of methoxy groups -OCH3 is 2. The summed E-state index contributed by atoms with van der Waals surface area (Å²) in [6.45, 7) is 3.78. The van der Waals surface area contributed by atoms with Crippen LogP contribution in [0.5, 0.6) is 17.2 Å². The summed E-state index contributed by atoms with van der Waals surface area (Å²) >= 11 is 0. The number of ketones is 1. The van der Waals surface area contributed by atoms with Gasteiger partial charge < -0.3 is 19.3 Å². The third kappa shape index (κ3) is 4.30. The Kier molecular flexibility index (Phi) is 6.72. The maximum atomic E-state index is 13.6. The maximum absolute atomic E-state index is 13.6. The fourth-order valence-electron chi connectivity index (χ4n) is 4.96. The standard InChI is InChI=1S/C27H29NO6/c1-5-34-27(31)24-15(2)28-20-12-18(16-6-9-19(32-3)10-7-16)13-22(30)26(20)25(24)17-8-11-21(29)23(14-17)33-4/h6-11,14,18,24-25,29H,5,12-13H2,1-4H3/t18-,24?,25+/m1/s1. The van der Waals surface area contributed by atoms with Crippen molar-refractivity contribution in [3.63, 3.8) is 0 Å². The minimum atomic E-state index is -0.727. The van der Waals surface area contributed by atoms with E-state index in [1.54, 1.807) is 33.1 Å². The highest BCUT2D eigenvalue weighted by Gasteiger charge is 2.45. The van der Waals surface area contributed by atoms with Gasteiger partial charge in [0.25, 0.3) is 0 Å².